The van der Waals surface area contributed by atoms with Gasteiger partial charge in [0.2, 0.25) is 0 Å². The minimum Gasteiger partial charge on any atom is -0.484 e. The smallest absolute Gasteiger partial charge is 0.260 e. The maximum absolute atomic E-state index is 12.2. The van der Waals surface area contributed by atoms with Crippen LogP contribution in [-0.2, 0) is 4.79 Å². The quantitative estimate of drug-likeness (QED) is 0.840. The Morgan fingerprint density at radius 1 is 1.55 bits per heavy atom. The molecule has 1 heterocycles. The highest BCUT2D eigenvalue weighted by atomic mass is 16.5. The first-order chi connectivity index (χ1) is 9.56. The molecular formula is C15H23N3O2. The van der Waals surface area contributed by atoms with Crippen molar-refractivity contribution >= 4 is 11.6 Å². The van der Waals surface area contributed by atoms with Crippen molar-refractivity contribution in [3.63, 3.8) is 0 Å². The fraction of sp³-hybridized carbons (Fsp3) is 0.533. The van der Waals surface area contributed by atoms with Crippen molar-refractivity contribution < 1.29 is 9.53 Å². The van der Waals surface area contributed by atoms with Gasteiger partial charge in [-0.2, -0.15) is 0 Å². The van der Waals surface area contributed by atoms with Crippen LogP contribution in [0.3, 0.4) is 0 Å². The molecule has 110 valence electrons. The molecule has 1 saturated heterocycles. The lowest BCUT2D eigenvalue weighted by atomic mass is 10.1. The fourth-order valence-electron chi connectivity index (χ4n) is 2.51. The predicted octanol–water partition coefficient (Wildman–Crippen LogP) is 1.20. The first-order valence-corrected chi connectivity index (χ1v) is 6.99. The second kappa shape index (κ2) is 6.61. The van der Waals surface area contributed by atoms with Crippen LogP contribution in [0.2, 0.25) is 0 Å². The second-order valence-electron chi connectivity index (χ2n) is 5.42. The van der Waals surface area contributed by atoms with Crippen molar-refractivity contribution in [3.05, 3.63) is 24.3 Å². The molecule has 0 aliphatic carbocycles. The summed E-state index contributed by atoms with van der Waals surface area (Å²) in [7, 11) is 3.95. The number of amides is 1. The third kappa shape index (κ3) is 3.87. The van der Waals surface area contributed by atoms with E-state index in [0.717, 1.165) is 25.9 Å². The zero-order valence-electron chi connectivity index (χ0n) is 12.2. The number of rotatable bonds is 4. The van der Waals surface area contributed by atoms with Crippen LogP contribution in [0.15, 0.2) is 24.3 Å². The summed E-state index contributed by atoms with van der Waals surface area (Å²) in [6.45, 7) is 2.10. The van der Waals surface area contributed by atoms with E-state index in [1.165, 1.54) is 0 Å². The third-order valence-corrected chi connectivity index (χ3v) is 3.76. The van der Waals surface area contributed by atoms with E-state index < -0.39 is 0 Å². The number of ether oxygens (including phenoxy) is 1. The Bertz CT molecular complexity index is 464. The molecule has 2 N–H and O–H groups in total. The van der Waals surface area contributed by atoms with E-state index in [4.69, 9.17) is 10.5 Å². The molecule has 1 unspecified atom stereocenters. The van der Waals surface area contributed by atoms with E-state index in [-0.39, 0.29) is 18.6 Å². The van der Waals surface area contributed by atoms with E-state index in [2.05, 4.69) is 11.9 Å². The van der Waals surface area contributed by atoms with Crippen LogP contribution in [0.5, 0.6) is 5.75 Å². The molecule has 0 radical (unpaired) electrons. The minimum absolute atomic E-state index is 0.00715. The van der Waals surface area contributed by atoms with E-state index in [1.807, 2.05) is 18.0 Å². The molecule has 5 nitrogen and oxygen atoms in total. The van der Waals surface area contributed by atoms with Crippen LogP contribution in [0.4, 0.5) is 5.69 Å². The molecule has 2 rings (SSSR count). The summed E-state index contributed by atoms with van der Waals surface area (Å²) in [5, 5.41) is 0. The SMILES string of the molecule is CN1CCCC(N(C)C(=O)COc2cccc(N)c2)C1. The van der Waals surface area contributed by atoms with Gasteiger partial charge in [0.15, 0.2) is 6.61 Å². The van der Waals surface area contributed by atoms with Crippen molar-refractivity contribution in [3.8, 4) is 5.75 Å². The van der Waals surface area contributed by atoms with Gasteiger partial charge in [0.05, 0.1) is 0 Å². The zero-order chi connectivity index (χ0) is 14.5. The Balaban J connectivity index is 1.84. The highest BCUT2D eigenvalue weighted by molar-refractivity contribution is 5.77. The number of benzene rings is 1. The summed E-state index contributed by atoms with van der Waals surface area (Å²) >= 11 is 0. The molecule has 0 spiro atoms. The molecule has 1 atom stereocenters. The molecule has 0 saturated carbocycles. The highest BCUT2D eigenvalue weighted by Crippen LogP contribution is 2.16. The molecule has 0 bridgehead atoms. The lowest BCUT2D eigenvalue weighted by molar-refractivity contribution is -0.135. The molecule has 1 fully saturated rings. The Labute approximate surface area is 120 Å². The van der Waals surface area contributed by atoms with Gasteiger partial charge < -0.3 is 20.3 Å². The van der Waals surface area contributed by atoms with Gasteiger partial charge in [-0.15, -0.1) is 0 Å². The van der Waals surface area contributed by atoms with Gasteiger partial charge in [-0.25, -0.2) is 0 Å². The fourth-order valence-corrected chi connectivity index (χ4v) is 2.51. The monoisotopic (exact) mass is 277 g/mol. The summed E-state index contributed by atoms with van der Waals surface area (Å²) in [5.41, 5.74) is 6.31. The summed E-state index contributed by atoms with van der Waals surface area (Å²) in [6, 6.07) is 7.42. The molecule has 1 amide bonds. The first-order valence-electron chi connectivity index (χ1n) is 6.99. The van der Waals surface area contributed by atoms with Gasteiger partial charge in [-0.1, -0.05) is 6.07 Å². The van der Waals surface area contributed by atoms with Gasteiger partial charge in [-0.05, 0) is 38.6 Å². The van der Waals surface area contributed by atoms with Crippen LogP contribution >= 0.6 is 0 Å². The number of piperidine rings is 1. The number of hydrogen-bond donors (Lipinski definition) is 1. The summed E-state index contributed by atoms with van der Waals surface area (Å²) < 4.78 is 5.50. The minimum atomic E-state index is 0.00715. The highest BCUT2D eigenvalue weighted by Gasteiger charge is 2.24. The molecule has 1 aromatic rings. The molecule has 1 aliphatic rings. The zero-order valence-corrected chi connectivity index (χ0v) is 12.2. The Kier molecular flexibility index (Phi) is 4.84. The summed E-state index contributed by atoms with van der Waals surface area (Å²) in [5.74, 6) is 0.639. The van der Waals surface area contributed by atoms with Gasteiger partial charge in [0.1, 0.15) is 5.75 Å². The van der Waals surface area contributed by atoms with Crippen LogP contribution in [0.1, 0.15) is 12.8 Å². The average Bonchev–Trinajstić information content (AvgIpc) is 2.44. The number of nitrogens with two attached hydrogens (primary N) is 1. The molecule has 5 heteroatoms. The molecule has 20 heavy (non-hydrogen) atoms. The van der Waals surface area contributed by atoms with E-state index >= 15 is 0 Å². The molecular weight excluding hydrogens is 254 g/mol. The van der Waals surface area contributed by atoms with E-state index in [1.54, 1.807) is 18.2 Å². The molecule has 0 aromatic heterocycles. The summed E-state index contributed by atoms with van der Waals surface area (Å²) in [6.07, 6.45) is 2.19. The van der Waals surface area contributed by atoms with Crippen molar-refractivity contribution in [2.24, 2.45) is 0 Å². The van der Waals surface area contributed by atoms with Crippen molar-refractivity contribution in [2.45, 2.75) is 18.9 Å². The van der Waals surface area contributed by atoms with Crippen LogP contribution in [-0.4, -0.2) is 55.5 Å². The van der Waals surface area contributed by atoms with Crippen LogP contribution < -0.4 is 10.5 Å². The molecule has 1 aliphatic heterocycles. The Morgan fingerprint density at radius 3 is 3.05 bits per heavy atom. The van der Waals surface area contributed by atoms with Crippen LogP contribution in [0.25, 0.3) is 0 Å². The standard InChI is InChI=1S/C15H23N3O2/c1-17-8-4-6-13(10-17)18(2)15(19)11-20-14-7-3-5-12(16)9-14/h3,5,7,9,13H,4,6,8,10-11,16H2,1-2H3. The number of nitrogen functional groups attached to an aromatic ring is 1. The van der Waals surface area contributed by atoms with Crippen molar-refractivity contribution in [2.75, 3.05) is 39.5 Å². The number of hydrogen-bond acceptors (Lipinski definition) is 4. The number of likely N-dealkylation sites (tertiary alicyclic amines) is 1. The average molecular weight is 277 g/mol. The topological polar surface area (TPSA) is 58.8 Å². The van der Waals surface area contributed by atoms with Crippen LogP contribution in [0, 0.1) is 0 Å². The normalized spacial score (nSPS) is 19.6. The van der Waals surface area contributed by atoms with Gasteiger partial charge in [-0.3, -0.25) is 4.79 Å². The lowest BCUT2D eigenvalue weighted by Crippen LogP contribution is -2.48. The maximum Gasteiger partial charge on any atom is 0.260 e. The van der Waals surface area contributed by atoms with E-state index in [9.17, 15) is 4.79 Å². The first kappa shape index (κ1) is 14.7. The summed E-state index contributed by atoms with van der Waals surface area (Å²) in [4.78, 5) is 16.2. The van der Waals surface area contributed by atoms with Gasteiger partial charge in [0, 0.05) is 31.4 Å². The number of carbonyl (C=O) groups is 1. The van der Waals surface area contributed by atoms with Crippen molar-refractivity contribution in [1.29, 1.82) is 0 Å². The largest absolute Gasteiger partial charge is 0.484 e. The van der Waals surface area contributed by atoms with Gasteiger partial charge >= 0.3 is 0 Å². The Hall–Kier alpha value is -1.75. The number of carbonyl (C=O) groups excluding carboxylic acids is 1. The number of likely N-dealkylation sites (N-methyl/N-ethyl adjacent to an activating group) is 2. The Morgan fingerprint density at radius 2 is 2.35 bits per heavy atom. The predicted molar refractivity (Wildman–Crippen MR) is 79.6 cm³/mol. The maximum atomic E-state index is 12.2. The van der Waals surface area contributed by atoms with Crippen molar-refractivity contribution in [1.82, 2.24) is 9.80 Å². The van der Waals surface area contributed by atoms with E-state index in [0.29, 0.717) is 11.4 Å². The third-order valence-electron chi connectivity index (χ3n) is 3.76. The number of anilines is 1. The molecule has 1 aromatic carbocycles. The van der Waals surface area contributed by atoms with Gasteiger partial charge in [0.25, 0.3) is 5.91 Å². The lowest BCUT2D eigenvalue weighted by Gasteiger charge is -2.35. The second-order valence-corrected chi connectivity index (χ2v) is 5.42. The number of nitrogens with zero attached hydrogens (tertiary/aromatic N) is 2.